The van der Waals surface area contributed by atoms with Crippen LogP contribution in [0.5, 0.6) is 0 Å². The number of sulfonamides is 1. The van der Waals surface area contributed by atoms with Gasteiger partial charge in [0.05, 0.1) is 21.6 Å². The zero-order chi connectivity index (χ0) is 13.3. The van der Waals surface area contributed by atoms with Crippen molar-refractivity contribution in [3.05, 3.63) is 32.7 Å². The molecule has 5 nitrogen and oxygen atoms in total. The summed E-state index contributed by atoms with van der Waals surface area (Å²) in [5.74, 6) is 0.948. The fourth-order valence-corrected chi connectivity index (χ4v) is 4.59. The summed E-state index contributed by atoms with van der Waals surface area (Å²) in [6, 6.07) is 1.39. The number of aryl methyl sites for hydroxylation is 1. The highest BCUT2D eigenvalue weighted by atomic mass is 79.9. The average molecular weight is 372 g/mol. The van der Waals surface area contributed by atoms with Crippen LogP contribution < -0.4 is 4.72 Å². The third kappa shape index (κ3) is 3.12. The highest BCUT2D eigenvalue weighted by molar-refractivity contribution is 9.11. The summed E-state index contributed by atoms with van der Waals surface area (Å²) in [6.07, 6.45) is 1.53. The maximum absolute atomic E-state index is 11.9. The molecule has 0 bridgehead atoms. The van der Waals surface area contributed by atoms with Crippen molar-refractivity contribution in [3.8, 4) is 0 Å². The van der Waals surface area contributed by atoms with E-state index in [-0.39, 0.29) is 10.8 Å². The molecule has 9 heteroatoms. The summed E-state index contributed by atoms with van der Waals surface area (Å²) >= 11 is 10.0. The van der Waals surface area contributed by atoms with Gasteiger partial charge in [-0.05, 0) is 28.9 Å². The summed E-state index contributed by atoms with van der Waals surface area (Å²) in [5.41, 5.74) is 0. The molecule has 0 spiro atoms. The minimum absolute atomic E-state index is 0.00329. The van der Waals surface area contributed by atoms with E-state index < -0.39 is 10.0 Å². The van der Waals surface area contributed by atoms with Crippen LogP contribution in [0.4, 0.5) is 0 Å². The van der Waals surface area contributed by atoms with Crippen LogP contribution in [-0.4, -0.2) is 13.4 Å². The molecule has 0 atom stereocenters. The summed E-state index contributed by atoms with van der Waals surface area (Å²) in [7, 11) is -3.60. The van der Waals surface area contributed by atoms with Crippen molar-refractivity contribution < 1.29 is 12.8 Å². The van der Waals surface area contributed by atoms with Gasteiger partial charge in [0.2, 0.25) is 5.89 Å². The van der Waals surface area contributed by atoms with Crippen molar-refractivity contribution in [1.82, 2.24) is 9.71 Å². The number of nitrogens with one attached hydrogen (secondary N) is 1. The molecule has 0 aliphatic heterocycles. The van der Waals surface area contributed by atoms with Gasteiger partial charge in [-0.15, -0.1) is 11.3 Å². The normalized spacial score (nSPS) is 11.9. The van der Waals surface area contributed by atoms with Crippen LogP contribution in [-0.2, 0) is 16.6 Å². The first-order chi connectivity index (χ1) is 8.38. The van der Waals surface area contributed by atoms with Gasteiger partial charge in [-0.2, -0.15) is 0 Å². The monoisotopic (exact) mass is 370 g/mol. The molecule has 1 N–H and O–H groups in total. The van der Waals surface area contributed by atoms with Crippen molar-refractivity contribution >= 4 is 48.9 Å². The molecule has 0 saturated heterocycles. The molecule has 2 rings (SSSR count). The van der Waals surface area contributed by atoms with Crippen LogP contribution in [0.25, 0.3) is 0 Å². The molecule has 0 unspecified atom stereocenters. The second-order valence-electron chi connectivity index (χ2n) is 3.38. The molecule has 0 aliphatic carbocycles. The number of halogens is 2. The lowest BCUT2D eigenvalue weighted by atomic mass is 10.6. The molecule has 2 aromatic heterocycles. The number of rotatable bonds is 4. The van der Waals surface area contributed by atoms with Gasteiger partial charge < -0.3 is 4.42 Å². The first-order valence-corrected chi connectivity index (χ1v) is 8.21. The lowest BCUT2D eigenvalue weighted by Gasteiger charge is -2.01. The Hall–Kier alpha value is -0.410. The van der Waals surface area contributed by atoms with Crippen molar-refractivity contribution in [1.29, 1.82) is 0 Å². The Balaban J connectivity index is 2.12. The Bertz CT molecular complexity index is 646. The molecule has 0 aromatic carbocycles. The Morgan fingerprint density at radius 2 is 2.33 bits per heavy atom. The number of hydrogen-bond donors (Lipinski definition) is 1. The van der Waals surface area contributed by atoms with Crippen LogP contribution in [0, 0.1) is 6.92 Å². The lowest BCUT2D eigenvalue weighted by Crippen LogP contribution is -2.22. The smallest absolute Gasteiger partial charge is 0.250 e. The molecular formula is C9H8BrClN2O3S2. The van der Waals surface area contributed by atoms with Crippen molar-refractivity contribution in [2.45, 2.75) is 17.7 Å². The molecule has 2 aromatic rings. The van der Waals surface area contributed by atoms with Crippen LogP contribution >= 0.6 is 38.9 Å². The molecule has 0 aliphatic rings. The van der Waals surface area contributed by atoms with E-state index in [0.717, 1.165) is 11.3 Å². The van der Waals surface area contributed by atoms with E-state index in [1.54, 1.807) is 6.92 Å². The van der Waals surface area contributed by atoms with Crippen LogP contribution in [0.2, 0.25) is 5.02 Å². The fraction of sp³-hybridized carbons (Fsp3) is 0.222. The topological polar surface area (TPSA) is 72.2 Å². The van der Waals surface area contributed by atoms with Crippen LogP contribution in [0.15, 0.2) is 24.7 Å². The van der Waals surface area contributed by atoms with Crippen LogP contribution in [0.3, 0.4) is 0 Å². The Morgan fingerprint density at radius 1 is 1.61 bits per heavy atom. The summed E-state index contributed by atoms with van der Waals surface area (Å²) in [4.78, 5) is 3.91. The highest BCUT2D eigenvalue weighted by Gasteiger charge is 2.19. The van der Waals surface area contributed by atoms with E-state index in [9.17, 15) is 8.42 Å². The molecule has 0 fully saturated rings. The summed E-state index contributed by atoms with van der Waals surface area (Å²) in [6.45, 7) is 1.74. The van der Waals surface area contributed by atoms with Crippen LogP contribution in [0.1, 0.15) is 11.7 Å². The molecule has 0 amide bonds. The van der Waals surface area contributed by atoms with Crippen molar-refractivity contribution in [3.63, 3.8) is 0 Å². The minimum Gasteiger partial charge on any atom is -0.445 e. The molecular weight excluding hydrogens is 364 g/mol. The Kier molecular flexibility index (Phi) is 4.12. The maximum atomic E-state index is 11.9. The summed E-state index contributed by atoms with van der Waals surface area (Å²) in [5, 5.41) is 0.368. The average Bonchev–Trinajstić information content (AvgIpc) is 2.84. The Morgan fingerprint density at radius 3 is 2.83 bits per heavy atom. The zero-order valence-electron chi connectivity index (χ0n) is 9.11. The van der Waals surface area contributed by atoms with E-state index in [1.807, 2.05) is 0 Å². The molecule has 2 heterocycles. The largest absolute Gasteiger partial charge is 0.445 e. The maximum Gasteiger partial charge on any atom is 0.250 e. The number of hydrogen-bond acceptors (Lipinski definition) is 5. The van der Waals surface area contributed by atoms with Gasteiger partial charge in [-0.1, -0.05) is 11.6 Å². The van der Waals surface area contributed by atoms with Gasteiger partial charge in [0, 0.05) is 0 Å². The predicted octanol–water partition coefficient (Wildman–Crippen LogP) is 2.94. The number of oxazole rings is 1. The van der Waals surface area contributed by atoms with E-state index in [4.69, 9.17) is 16.0 Å². The zero-order valence-corrected chi connectivity index (χ0v) is 13.1. The van der Waals surface area contributed by atoms with Gasteiger partial charge in [-0.3, -0.25) is 0 Å². The minimum atomic E-state index is -3.60. The first-order valence-electron chi connectivity index (χ1n) is 4.74. The van der Waals surface area contributed by atoms with Crippen molar-refractivity contribution in [2.24, 2.45) is 0 Å². The van der Waals surface area contributed by atoms with E-state index in [2.05, 4.69) is 25.6 Å². The second-order valence-corrected chi connectivity index (χ2v) is 8.15. The second kappa shape index (κ2) is 5.30. The molecule has 18 heavy (non-hydrogen) atoms. The third-order valence-electron chi connectivity index (χ3n) is 1.97. The SMILES string of the molecule is Cc1cnc(CNS(=O)(=O)c2cc(Cl)c(Br)s2)o1. The first kappa shape index (κ1) is 14.0. The molecule has 0 radical (unpaired) electrons. The van der Waals surface area contributed by atoms with E-state index in [1.165, 1.54) is 12.3 Å². The third-order valence-corrected chi connectivity index (χ3v) is 6.32. The van der Waals surface area contributed by atoms with Gasteiger partial charge in [0.25, 0.3) is 10.0 Å². The van der Waals surface area contributed by atoms with E-state index >= 15 is 0 Å². The Labute approximate surface area is 121 Å². The lowest BCUT2D eigenvalue weighted by molar-refractivity contribution is 0.463. The van der Waals surface area contributed by atoms with Gasteiger partial charge >= 0.3 is 0 Å². The fourth-order valence-electron chi connectivity index (χ4n) is 1.17. The predicted molar refractivity (Wildman–Crippen MR) is 72.3 cm³/mol. The molecule has 98 valence electrons. The standard InChI is InChI=1S/C9H8BrClN2O3S2/c1-5-3-12-7(16-5)4-13-18(14,15)8-2-6(11)9(10)17-8/h2-3,13H,4H2,1H3. The van der Waals surface area contributed by atoms with Crippen molar-refractivity contribution in [2.75, 3.05) is 0 Å². The van der Waals surface area contributed by atoms with Gasteiger partial charge in [-0.25, -0.2) is 18.1 Å². The van der Waals surface area contributed by atoms with E-state index in [0.29, 0.717) is 20.5 Å². The number of aromatic nitrogens is 1. The molecule has 0 saturated carbocycles. The highest BCUT2D eigenvalue weighted by Crippen LogP contribution is 2.34. The number of nitrogens with zero attached hydrogens (tertiary/aromatic N) is 1. The van der Waals surface area contributed by atoms with Gasteiger partial charge in [0.15, 0.2) is 0 Å². The summed E-state index contributed by atoms with van der Waals surface area (Å²) < 4.78 is 32.1. The number of thiophene rings is 1. The van der Waals surface area contributed by atoms with Gasteiger partial charge in [0.1, 0.15) is 9.97 Å². The quantitative estimate of drug-likeness (QED) is 0.897.